The number of unbranched alkanes of at least 4 members (excludes halogenated alkanes) is 9. The summed E-state index contributed by atoms with van der Waals surface area (Å²) in [5.74, 6) is 0. The molecule has 3 heteroatoms. The Balaban J connectivity index is 2.10. The highest BCUT2D eigenvalue weighted by Crippen LogP contribution is 2.15. The zero-order valence-corrected chi connectivity index (χ0v) is 14.8. The smallest absolute Gasteiger partial charge is 0.0621 e. The van der Waals surface area contributed by atoms with E-state index in [9.17, 15) is 0 Å². The Kier molecular flexibility index (Phi) is 11.9. The molecule has 0 amide bonds. The summed E-state index contributed by atoms with van der Waals surface area (Å²) in [5.41, 5.74) is 1.31. The molecule has 0 atom stereocenters. The predicted octanol–water partition coefficient (Wildman–Crippen LogP) is 5.72. The number of nitrogens with zero attached hydrogens (tertiary/aromatic N) is 3. The minimum Gasteiger partial charge on any atom is -0.371 e. The van der Waals surface area contributed by atoms with Crippen LogP contribution in [0.3, 0.4) is 0 Å². The normalized spacial score (nSPS) is 10.4. The number of rotatable bonds is 14. The quantitative estimate of drug-likeness (QED) is 0.412. The Labute approximate surface area is 142 Å². The lowest BCUT2D eigenvalue weighted by atomic mass is 10.1. The van der Waals surface area contributed by atoms with Crippen LogP contribution in [0.25, 0.3) is 0 Å². The molecule has 1 rings (SSSR count). The molecule has 0 aliphatic rings. The first-order chi connectivity index (χ1) is 11.4. The van der Waals surface area contributed by atoms with Crippen molar-refractivity contribution < 1.29 is 0 Å². The van der Waals surface area contributed by atoms with Crippen LogP contribution in [0.2, 0.25) is 0 Å². The van der Waals surface area contributed by atoms with Crippen molar-refractivity contribution in [1.82, 2.24) is 4.98 Å². The molecule has 0 saturated heterocycles. The van der Waals surface area contributed by atoms with Gasteiger partial charge in [-0.15, -0.1) is 0 Å². The number of hydrogen-bond donors (Lipinski definition) is 0. The zero-order chi connectivity index (χ0) is 16.6. The molecule has 0 aromatic carbocycles. The number of anilines is 1. The summed E-state index contributed by atoms with van der Waals surface area (Å²) in [6, 6.07) is 6.46. The van der Waals surface area contributed by atoms with Crippen LogP contribution >= 0.6 is 0 Å². The fraction of sp³-hybridized carbons (Fsp3) is 0.700. The van der Waals surface area contributed by atoms with E-state index in [1.807, 2.05) is 12.4 Å². The number of aromatic nitrogens is 1. The number of nitriles is 1. The molecule has 1 aromatic heterocycles. The maximum absolute atomic E-state index is 8.49. The van der Waals surface area contributed by atoms with Gasteiger partial charge < -0.3 is 4.90 Å². The maximum atomic E-state index is 8.49. The first-order valence-electron chi connectivity index (χ1n) is 9.40. The second-order valence-corrected chi connectivity index (χ2v) is 6.28. The van der Waals surface area contributed by atoms with Crippen LogP contribution in [0.5, 0.6) is 0 Å². The monoisotopic (exact) mass is 315 g/mol. The van der Waals surface area contributed by atoms with Gasteiger partial charge in [-0.3, -0.25) is 4.98 Å². The highest BCUT2D eigenvalue weighted by Gasteiger charge is 2.05. The van der Waals surface area contributed by atoms with Gasteiger partial charge in [-0.25, -0.2) is 0 Å². The molecule has 128 valence electrons. The standard InChI is InChI=1S/C20H33N3/c1-2-3-18-23(20-13-16-22-17-14-20)19-12-10-8-6-4-5-7-9-11-15-21/h13-14,16-17H,2-12,18-19H2,1H3. The third-order valence-corrected chi connectivity index (χ3v) is 4.28. The molecule has 0 saturated carbocycles. The van der Waals surface area contributed by atoms with Gasteiger partial charge in [0.05, 0.1) is 6.07 Å². The van der Waals surface area contributed by atoms with Crippen molar-refractivity contribution in [3.8, 4) is 6.07 Å². The zero-order valence-electron chi connectivity index (χ0n) is 14.8. The largest absolute Gasteiger partial charge is 0.371 e. The van der Waals surface area contributed by atoms with E-state index in [2.05, 4.69) is 35.0 Å². The van der Waals surface area contributed by atoms with Crippen molar-refractivity contribution in [3.05, 3.63) is 24.5 Å². The SMILES string of the molecule is CCCCN(CCCCCCCCCCC#N)c1ccncc1. The molecule has 0 spiro atoms. The predicted molar refractivity (Wildman–Crippen MR) is 98.5 cm³/mol. The van der Waals surface area contributed by atoms with E-state index in [0.717, 1.165) is 25.9 Å². The van der Waals surface area contributed by atoms with Gasteiger partial charge in [-0.2, -0.15) is 5.26 Å². The van der Waals surface area contributed by atoms with E-state index < -0.39 is 0 Å². The fourth-order valence-corrected chi connectivity index (χ4v) is 2.84. The maximum Gasteiger partial charge on any atom is 0.0621 e. The van der Waals surface area contributed by atoms with Crippen LogP contribution in [-0.4, -0.2) is 18.1 Å². The van der Waals surface area contributed by atoms with Gasteiger partial charge in [0.15, 0.2) is 0 Å². The summed E-state index contributed by atoms with van der Waals surface area (Å²) in [5, 5.41) is 8.49. The molecule has 0 bridgehead atoms. The number of pyridine rings is 1. The summed E-state index contributed by atoms with van der Waals surface area (Å²) in [7, 11) is 0. The second-order valence-electron chi connectivity index (χ2n) is 6.28. The molecule has 1 aromatic rings. The average Bonchev–Trinajstić information content (AvgIpc) is 2.60. The van der Waals surface area contributed by atoms with Crippen LogP contribution in [0.4, 0.5) is 5.69 Å². The van der Waals surface area contributed by atoms with Crippen LogP contribution in [0.1, 0.15) is 77.6 Å². The van der Waals surface area contributed by atoms with Crippen molar-refractivity contribution >= 4 is 5.69 Å². The van der Waals surface area contributed by atoms with Crippen LogP contribution < -0.4 is 4.90 Å². The molecule has 0 unspecified atom stereocenters. The van der Waals surface area contributed by atoms with Crippen molar-refractivity contribution in [2.75, 3.05) is 18.0 Å². The van der Waals surface area contributed by atoms with Crippen molar-refractivity contribution in [3.63, 3.8) is 0 Å². The van der Waals surface area contributed by atoms with Gasteiger partial charge in [-0.1, -0.05) is 51.9 Å². The third kappa shape index (κ3) is 9.94. The topological polar surface area (TPSA) is 39.9 Å². The Hall–Kier alpha value is -1.56. The Bertz CT molecular complexity index is 411. The molecule has 0 aliphatic carbocycles. The van der Waals surface area contributed by atoms with Gasteiger partial charge in [0.2, 0.25) is 0 Å². The summed E-state index contributed by atoms with van der Waals surface area (Å²) < 4.78 is 0. The molecule has 0 N–H and O–H groups in total. The van der Waals surface area contributed by atoms with Crippen LogP contribution in [0, 0.1) is 11.3 Å². The minimum absolute atomic E-state index is 0.725. The van der Waals surface area contributed by atoms with E-state index in [-0.39, 0.29) is 0 Å². The van der Waals surface area contributed by atoms with Gasteiger partial charge in [-0.05, 0) is 31.4 Å². The minimum atomic E-state index is 0.725. The van der Waals surface area contributed by atoms with Gasteiger partial charge >= 0.3 is 0 Å². The summed E-state index contributed by atoms with van der Waals surface area (Å²) >= 11 is 0. The molecule has 23 heavy (non-hydrogen) atoms. The van der Waals surface area contributed by atoms with Crippen molar-refractivity contribution in [2.45, 2.75) is 77.6 Å². The molecule has 0 fully saturated rings. The molecule has 0 radical (unpaired) electrons. The summed E-state index contributed by atoms with van der Waals surface area (Å²) in [6.07, 6.45) is 17.2. The first kappa shape index (κ1) is 19.5. The highest BCUT2D eigenvalue weighted by atomic mass is 15.1. The lowest BCUT2D eigenvalue weighted by molar-refractivity contribution is 0.564. The van der Waals surface area contributed by atoms with E-state index in [0.29, 0.717) is 0 Å². The van der Waals surface area contributed by atoms with E-state index in [1.54, 1.807) is 0 Å². The Morgan fingerprint density at radius 1 is 0.870 bits per heavy atom. The lowest BCUT2D eigenvalue weighted by Crippen LogP contribution is -2.25. The Morgan fingerprint density at radius 3 is 2.04 bits per heavy atom. The van der Waals surface area contributed by atoms with E-state index >= 15 is 0 Å². The first-order valence-corrected chi connectivity index (χ1v) is 9.40. The van der Waals surface area contributed by atoms with Gasteiger partial charge in [0.25, 0.3) is 0 Å². The highest BCUT2D eigenvalue weighted by molar-refractivity contribution is 5.44. The molecular formula is C20H33N3. The van der Waals surface area contributed by atoms with Crippen molar-refractivity contribution in [2.24, 2.45) is 0 Å². The van der Waals surface area contributed by atoms with Gasteiger partial charge in [0, 0.05) is 37.6 Å². The van der Waals surface area contributed by atoms with E-state index in [4.69, 9.17) is 5.26 Å². The fourth-order valence-electron chi connectivity index (χ4n) is 2.84. The molecular weight excluding hydrogens is 282 g/mol. The van der Waals surface area contributed by atoms with Crippen LogP contribution in [-0.2, 0) is 0 Å². The molecule has 3 nitrogen and oxygen atoms in total. The second kappa shape index (κ2) is 14.1. The number of hydrogen-bond acceptors (Lipinski definition) is 3. The molecule has 0 aliphatic heterocycles. The Morgan fingerprint density at radius 2 is 1.43 bits per heavy atom. The lowest BCUT2D eigenvalue weighted by Gasteiger charge is -2.24. The van der Waals surface area contributed by atoms with Crippen LogP contribution in [0.15, 0.2) is 24.5 Å². The van der Waals surface area contributed by atoms with Gasteiger partial charge in [0.1, 0.15) is 0 Å². The summed E-state index contributed by atoms with van der Waals surface area (Å²) in [4.78, 5) is 6.63. The third-order valence-electron chi connectivity index (χ3n) is 4.28. The molecule has 1 heterocycles. The average molecular weight is 316 g/mol. The van der Waals surface area contributed by atoms with E-state index in [1.165, 1.54) is 63.5 Å². The van der Waals surface area contributed by atoms with Crippen molar-refractivity contribution in [1.29, 1.82) is 5.26 Å². The summed E-state index contributed by atoms with van der Waals surface area (Å²) in [6.45, 7) is 4.56.